The quantitative estimate of drug-likeness (QED) is 0.0789. The van der Waals surface area contributed by atoms with Gasteiger partial charge in [-0.25, -0.2) is 14.5 Å². The topological polar surface area (TPSA) is 206 Å². The SMILES string of the molecule is C[C@@H](NC(=O)N1C(=O)[C@@]2(c3cc(C#CCNC(N)=O)ccc31)[C@H](c1ccc(OCCO)cc1)N1[C@H](c3ccccc3)[C@H](c3ccccc3)OC(=O)[C@H]1[C@@H]2C(=O)N1CCN(Cc2ccc3c(c2)OCO3)CC1)c1ccccc1. The Morgan fingerprint density at radius 1 is 0.792 bits per heavy atom. The second-order valence-corrected chi connectivity index (χ2v) is 19.7. The van der Waals surface area contributed by atoms with Gasteiger partial charge in [0.15, 0.2) is 11.5 Å². The number of aliphatic hydroxyl groups is 1. The minimum Gasteiger partial charge on any atom is -0.491 e. The van der Waals surface area contributed by atoms with E-state index >= 15 is 19.2 Å². The van der Waals surface area contributed by atoms with E-state index in [1.54, 1.807) is 35.2 Å². The number of nitrogens with two attached hydrogens (primary N) is 1. The molecule has 7 atom stereocenters. The minimum absolute atomic E-state index is 0.0260. The summed E-state index contributed by atoms with van der Waals surface area (Å²) in [4.78, 5) is 83.2. The summed E-state index contributed by atoms with van der Waals surface area (Å²) in [5.74, 6) is 4.45. The van der Waals surface area contributed by atoms with E-state index in [-0.39, 0.29) is 45.3 Å². The molecule has 3 fully saturated rings. The third kappa shape index (κ3) is 9.45. The van der Waals surface area contributed by atoms with Crippen LogP contribution in [0.1, 0.15) is 70.1 Å². The molecule has 17 nitrogen and oxygen atoms in total. The van der Waals surface area contributed by atoms with Crippen LogP contribution in [0.5, 0.6) is 17.2 Å². The zero-order valence-corrected chi connectivity index (χ0v) is 42.2. The molecule has 0 saturated carbocycles. The number of carbonyl (C=O) groups excluding carboxylic acids is 5. The minimum atomic E-state index is -2.04. The summed E-state index contributed by atoms with van der Waals surface area (Å²) in [5.41, 5.74) is 8.06. The summed E-state index contributed by atoms with van der Waals surface area (Å²) < 4.78 is 23.8. The number of ether oxygens (including phenoxy) is 4. The van der Waals surface area contributed by atoms with Crippen LogP contribution >= 0.6 is 0 Å². The Balaban J connectivity index is 1.11. The van der Waals surface area contributed by atoms with E-state index in [0.717, 1.165) is 21.6 Å². The summed E-state index contributed by atoms with van der Waals surface area (Å²) in [6.45, 7) is 3.72. The highest BCUT2D eigenvalue weighted by atomic mass is 16.7. The lowest BCUT2D eigenvalue weighted by atomic mass is 9.64. The number of hydrogen-bond donors (Lipinski definition) is 4. The Labute approximate surface area is 445 Å². The van der Waals surface area contributed by atoms with Crippen molar-refractivity contribution in [2.45, 2.75) is 49.2 Å². The molecule has 11 rings (SSSR count). The molecule has 0 bridgehead atoms. The van der Waals surface area contributed by atoms with Crippen LogP contribution in [0.2, 0.25) is 0 Å². The molecule has 77 heavy (non-hydrogen) atoms. The molecule has 0 radical (unpaired) electrons. The number of carbonyl (C=O) groups is 5. The van der Waals surface area contributed by atoms with E-state index in [1.807, 2.05) is 133 Å². The van der Waals surface area contributed by atoms with Gasteiger partial charge in [0.1, 0.15) is 29.9 Å². The van der Waals surface area contributed by atoms with Gasteiger partial charge in [0.2, 0.25) is 18.6 Å². The molecule has 392 valence electrons. The Morgan fingerprint density at radius 3 is 2.18 bits per heavy atom. The number of morpholine rings is 1. The molecule has 0 aliphatic carbocycles. The average molecular weight is 1040 g/mol. The number of imide groups is 1. The third-order valence-corrected chi connectivity index (χ3v) is 15.2. The molecule has 5 N–H and O–H groups in total. The first-order chi connectivity index (χ1) is 37.5. The molecule has 1 spiro atoms. The van der Waals surface area contributed by atoms with Gasteiger partial charge in [-0.1, -0.05) is 121 Å². The van der Waals surface area contributed by atoms with E-state index < -0.39 is 71.5 Å². The van der Waals surface area contributed by atoms with Crippen molar-refractivity contribution in [1.29, 1.82) is 0 Å². The first kappa shape index (κ1) is 50.5. The molecule has 5 aliphatic rings. The normalized spacial score (nSPS) is 22.8. The Bertz CT molecular complexity index is 3260. The number of piperazine rings is 1. The third-order valence-electron chi connectivity index (χ3n) is 15.2. The van der Waals surface area contributed by atoms with E-state index in [4.69, 9.17) is 24.7 Å². The summed E-state index contributed by atoms with van der Waals surface area (Å²) in [6, 6.07) is 40.9. The lowest BCUT2D eigenvalue weighted by molar-refractivity contribution is -0.179. The number of aliphatic hydroxyl groups excluding tert-OH is 1. The first-order valence-corrected chi connectivity index (χ1v) is 25.7. The number of benzene rings is 6. The van der Waals surface area contributed by atoms with Gasteiger partial charge in [0.25, 0.3) is 0 Å². The number of hydrogen-bond acceptors (Lipinski definition) is 12. The van der Waals surface area contributed by atoms with Gasteiger partial charge < -0.3 is 45.3 Å². The molecule has 3 saturated heterocycles. The lowest BCUT2D eigenvalue weighted by Gasteiger charge is -2.46. The molecule has 0 unspecified atom stereocenters. The number of urea groups is 2. The predicted molar refractivity (Wildman–Crippen MR) is 283 cm³/mol. The second kappa shape index (κ2) is 21.5. The zero-order chi connectivity index (χ0) is 53.2. The maximum Gasteiger partial charge on any atom is 0.329 e. The fourth-order valence-corrected chi connectivity index (χ4v) is 11.8. The number of cyclic esters (lactones) is 1. The van der Waals surface area contributed by atoms with Crippen molar-refractivity contribution in [1.82, 2.24) is 25.3 Å². The highest BCUT2D eigenvalue weighted by Crippen LogP contribution is 2.66. The lowest BCUT2D eigenvalue weighted by Crippen LogP contribution is -2.59. The molecule has 6 amide bonds. The molecule has 5 aliphatic heterocycles. The van der Waals surface area contributed by atoms with Crippen molar-refractivity contribution in [3.8, 4) is 29.1 Å². The van der Waals surface area contributed by atoms with Gasteiger partial charge in [0, 0.05) is 38.3 Å². The number of nitrogens with zero attached hydrogens (tertiary/aromatic N) is 4. The van der Waals surface area contributed by atoms with E-state index in [9.17, 15) is 9.90 Å². The largest absolute Gasteiger partial charge is 0.491 e. The maximum atomic E-state index is 16.9. The molecule has 5 heterocycles. The maximum absolute atomic E-state index is 16.9. The number of nitrogens with one attached hydrogen (secondary N) is 2. The van der Waals surface area contributed by atoms with Gasteiger partial charge in [-0.3, -0.25) is 24.2 Å². The van der Waals surface area contributed by atoms with Crippen LogP contribution in [-0.2, 0) is 31.1 Å². The Morgan fingerprint density at radius 2 is 1.48 bits per heavy atom. The molecular formula is C60H57N7O10. The summed E-state index contributed by atoms with van der Waals surface area (Å²) in [7, 11) is 0. The number of anilines is 1. The number of esters is 1. The van der Waals surface area contributed by atoms with Crippen LogP contribution in [0, 0.1) is 17.8 Å². The zero-order valence-electron chi connectivity index (χ0n) is 42.2. The summed E-state index contributed by atoms with van der Waals surface area (Å²) >= 11 is 0. The van der Waals surface area contributed by atoms with Crippen LogP contribution in [0.3, 0.4) is 0 Å². The summed E-state index contributed by atoms with van der Waals surface area (Å²) in [5, 5.41) is 15.3. The van der Waals surface area contributed by atoms with Crippen LogP contribution in [-0.4, -0.2) is 108 Å². The van der Waals surface area contributed by atoms with E-state index in [2.05, 4.69) is 27.4 Å². The number of primary amides is 1. The van der Waals surface area contributed by atoms with Crippen molar-refractivity contribution in [2.24, 2.45) is 11.7 Å². The van der Waals surface area contributed by atoms with Crippen molar-refractivity contribution in [3.63, 3.8) is 0 Å². The summed E-state index contributed by atoms with van der Waals surface area (Å²) in [6.07, 6.45) is -0.931. The number of amides is 6. The highest BCUT2D eigenvalue weighted by Gasteiger charge is 2.76. The van der Waals surface area contributed by atoms with Crippen molar-refractivity contribution in [2.75, 3.05) is 57.6 Å². The molecule has 0 aromatic heterocycles. The number of fused-ring (bicyclic) bond motifs is 4. The average Bonchev–Trinajstić information content (AvgIpc) is 4.17. The predicted octanol–water partition coefficient (Wildman–Crippen LogP) is 6.29. The standard InChI is InChI=1S/C60H57N7O10/c1-38(41-13-5-2-6-14-41)63-59(73)66-47-25-19-39(12-11-27-62-58(61)72)34-46(47)60(57(66)71)50(55(69)65-30-28-64(29-31-65)36-40-20-26-48-49(35-40)76-37-75-48)52-56(70)77-53(43-17-9-4-10-18-43)51(42-15-7-3-8-16-42)67(52)54(60)44-21-23-45(24-22-44)74-33-32-68/h2-10,13-26,34-35,38,50-54,68H,27-33,36-37H2,1H3,(H,63,73)(H3,61,62,72)/t38-,50-,51-,52-,53+,54+,60-/m1/s1. The van der Waals surface area contributed by atoms with E-state index in [1.165, 1.54) is 0 Å². The molecule has 17 heteroatoms. The van der Waals surface area contributed by atoms with Crippen molar-refractivity contribution >= 4 is 35.5 Å². The van der Waals surface area contributed by atoms with Crippen LogP contribution in [0.15, 0.2) is 152 Å². The van der Waals surface area contributed by atoms with Gasteiger partial charge in [-0.15, -0.1) is 0 Å². The van der Waals surface area contributed by atoms with Crippen LogP contribution in [0.25, 0.3) is 0 Å². The fourth-order valence-electron chi connectivity index (χ4n) is 11.8. The van der Waals surface area contributed by atoms with Crippen LogP contribution in [0.4, 0.5) is 15.3 Å². The van der Waals surface area contributed by atoms with Gasteiger partial charge in [-0.2, -0.15) is 0 Å². The Kier molecular flexibility index (Phi) is 14.1. The molecule has 6 aromatic carbocycles. The van der Waals surface area contributed by atoms with E-state index in [0.29, 0.717) is 59.1 Å². The molecular weight excluding hydrogens is 979 g/mol. The molecule has 6 aromatic rings. The first-order valence-electron chi connectivity index (χ1n) is 25.7. The fraction of sp³-hybridized carbons (Fsp3) is 0.283. The monoisotopic (exact) mass is 1040 g/mol. The van der Waals surface area contributed by atoms with Crippen LogP contribution < -0.4 is 35.5 Å². The van der Waals surface area contributed by atoms with Crippen molar-refractivity contribution in [3.05, 3.63) is 191 Å². The smallest absolute Gasteiger partial charge is 0.329 e. The Hall–Kier alpha value is -8.69. The number of rotatable bonds is 12. The van der Waals surface area contributed by atoms with Gasteiger partial charge in [0.05, 0.1) is 42.9 Å². The highest BCUT2D eigenvalue weighted by molar-refractivity contribution is 6.24. The van der Waals surface area contributed by atoms with Crippen molar-refractivity contribution < 1.29 is 48.0 Å². The second-order valence-electron chi connectivity index (χ2n) is 19.7. The van der Waals surface area contributed by atoms with Gasteiger partial charge >= 0.3 is 18.0 Å². The van der Waals surface area contributed by atoms with Gasteiger partial charge in [-0.05, 0) is 82.8 Å².